The van der Waals surface area contributed by atoms with Gasteiger partial charge in [0, 0.05) is 22.9 Å². The van der Waals surface area contributed by atoms with Gasteiger partial charge in [-0.3, -0.25) is 0 Å². The summed E-state index contributed by atoms with van der Waals surface area (Å²) in [6.07, 6.45) is 8.31. The Hall–Kier alpha value is -1.41. The smallest absolute Gasteiger partial charge is 0.192 e. The molecular formula is C26H39O2PSi. The second kappa shape index (κ2) is 10.8. The molecule has 1 atom stereocenters. The summed E-state index contributed by atoms with van der Waals surface area (Å²) in [6, 6.07) is 19.8. The predicted molar refractivity (Wildman–Crippen MR) is 135 cm³/mol. The summed E-state index contributed by atoms with van der Waals surface area (Å²) >= 11 is 0. The molecule has 0 N–H and O–H groups in total. The summed E-state index contributed by atoms with van der Waals surface area (Å²) in [6.45, 7) is 13.7. The van der Waals surface area contributed by atoms with Gasteiger partial charge in [0.1, 0.15) is 7.14 Å². The number of allylic oxidation sites excluding steroid dienone is 2. The van der Waals surface area contributed by atoms with Crippen LogP contribution in [0.1, 0.15) is 47.0 Å². The minimum Gasteiger partial charge on any atom is -0.414 e. The second-order valence-electron chi connectivity index (χ2n) is 9.68. The first kappa shape index (κ1) is 24.9. The zero-order valence-electron chi connectivity index (χ0n) is 19.6. The summed E-state index contributed by atoms with van der Waals surface area (Å²) in [5, 5.41) is 2.10. The van der Waals surface area contributed by atoms with E-state index in [1.807, 2.05) is 60.7 Å². The predicted octanol–water partition coefficient (Wildman–Crippen LogP) is 7.14. The number of benzene rings is 2. The standard InChI is InChI=1S/C26H39O2PSi/c1-23(28-30(5,6)26(2,3)4)17-11-7-8-16-22-29(27,24-18-12-9-13-19-24)25-20-14-10-15-21-25/h8-10,12-16,18-21,23H,7,11,17,22H2,1-6H3/b16-8+/t23-/m1/s1. The SMILES string of the molecule is C[C@H](CCC/C=C/CP(=O)(c1ccccc1)c1ccccc1)O[Si](C)(C)C(C)(C)C. The average molecular weight is 443 g/mol. The molecule has 0 aliphatic carbocycles. The van der Waals surface area contributed by atoms with Gasteiger partial charge in [0.05, 0.1) is 0 Å². The fourth-order valence-electron chi connectivity index (χ4n) is 3.30. The highest BCUT2D eigenvalue weighted by Gasteiger charge is 2.38. The van der Waals surface area contributed by atoms with Gasteiger partial charge >= 0.3 is 0 Å². The van der Waals surface area contributed by atoms with E-state index >= 15 is 0 Å². The zero-order chi connectivity index (χ0) is 22.3. The van der Waals surface area contributed by atoms with Crippen LogP contribution in [0.3, 0.4) is 0 Å². The van der Waals surface area contributed by atoms with E-state index in [0.717, 1.165) is 29.9 Å². The minimum atomic E-state index is -2.64. The van der Waals surface area contributed by atoms with Crippen molar-refractivity contribution in [2.45, 2.75) is 71.2 Å². The number of hydrogen-bond donors (Lipinski definition) is 0. The van der Waals surface area contributed by atoms with Crippen molar-refractivity contribution < 1.29 is 8.99 Å². The van der Waals surface area contributed by atoms with Crippen LogP contribution in [0.2, 0.25) is 18.1 Å². The van der Waals surface area contributed by atoms with E-state index in [9.17, 15) is 4.57 Å². The van der Waals surface area contributed by atoms with Crippen molar-refractivity contribution in [1.29, 1.82) is 0 Å². The molecular weight excluding hydrogens is 403 g/mol. The first-order valence-corrected chi connectivity index (χ1v) is 15.9. The number of rotatable bonds is 10. The van der Waals surface area contributed by atoms with Crippen molar-refractivity contribution in [3.8, 4) is 0 Å². The van der Waals surface area contributed by atoms with Crippen LogP contribution in [-0.4, -0.2) is 20.6 Å². The molecule has 0 fully saturated rings. The van der Waals surface area contributed by atoms with Gasteiger partial charge in [-0.05, 0) is 44.3 Å². The van der Waals surface area contributed by atoms with Gasteiger partial charge in [-0.2, -0.15) is 0 Å². The van der Waals surface area contributed by atoms with Crippen molar-refractivity contribution in [2.24, 2.45) is 0 Å². The molecule has 0 unspecified atom stereocenters. The van der Waals surface area contributed by atoms with E-state index in [0.29, 0.717) is 12.3 Å². The highest BCUT2D eigenvalue weighted by Crippen LogP contribution is 2.43. The fourth-order valence-corrected chi connectivity index (χ4v) is 7.25. The maximum Gasteiger partial charge on any atom is 0.192 e. The van der Waals surface area contributed by atoms with Crippen LogP contribution >= 0.6 is 7.14 Å². The molecule has 30 heavy (non-hydrogen) atoms. The molecule has 2 rings (SSSR count). The van der Waals surface area contributed by atoms with Crippen LogP contribution in [0.4, 0.5) is 0 Å². The molecule has 2 aromatic rings. The van der Waals surface area contributed by atoms with Crippen LogP contribution in [0, 0.1) is 0 Å². The number of hydrogen-bond acceptors (Lipinski definition) is 2. The zero-order valence-corrected chi connectivity index (χ0v) is 21.5. The van der Waals surface area contributed by atoms with Crippen molar-refractivity contribution >= 4 is 26.1 Å². The quantitative estimate of drug-likeness (QED) is 0.169. The fraction of sp³-hybridized carbons (Fsp3) is 0.462. The lowest BCUT2D eigenvalue weighted by atomic mass is 10.2. The second-order valence-corrected chi connectivity index (χ2v) is 17.3. The van der Waals surface area contributed by atoms with Gasteiger partial charge in [-0.15, -0.1) is 0 Å². The molecule has 0 bridgehead atoms. The first-order valence-electron chi connectivity index (χ1n) is 11.1. The summed E-state index contributed by atoms with van der Waals surface area (Å²) < 4.78 is 20.4. The van der Waals surface area contributed by atoms with Crippen molar-refractivity contribution in [2.75, 3.05) is 6.16 Å². The molecule has 2 aromatic carbocycles. The molecule has 164 valence electrons. The molecule has 0 saturated carbocycles. The van der Waals surface area contributed by atoms with Crippen molar-refractivity contribution in [3.63, 3.8) is 0 Å². The Bertz CT molecular complexity index is 795. The van der Waals surface area contributed by atoms with Gasteiger partial charge in [0.2, 0.25) is 0 Å². The molecule has 4 heteroatoms. The Kier molecular flexibility index (Phi) is 8.91. The Morgan fingerprint density at radius 1 is 0.933 bits per heavy atom. The van der Waals surface area contributed by atoms with Gasteiger partial charge in [-0.25, -0.2) is 0 Å². The summed E-state index contributed by atoms with van der Waals surface area (Å²) in [4.78, 5) is 0. The van der Waals surface area contributed by atoms with E-state index < -0.39 is 15.5 Å². The molecule has 0 aliphatic heterocycles. The molecule has 0 amide bonds. The topological polar surface area (TPSA) is 26.3 Å². The Labute approximate surface area is 185 Å². The molecule has 0 aromatic heterocycles. The van der Waals surface area contributed by atoms with E-state index in [2.05, 4.69) is 52.9 Å². The van der Waals surface area contributed by atoms with E-state index in [4.69, 9.17) is 4.43 Å². The summed E-state index contributed by atoms with van der Waals surface area (Å²) in [5.74, 6) is 0. The molecule has 0 radical (unpaired) electrons. The van der Waals surface area contributed by atoms with Gasteiger partial charge in [-0.1, -0.05) is 93.6 Å². The molecule has 0 saturated heterocycles. The summed E-state index contributed by atoms with van der Waals surface area (Å²) in [5.41, 5.74) is 0. The maximum atomic E-state index is 13.9. The highest BCUT2D eigenvalue weighted by molar-refractivity contribution is 7.78. The van der Waals surface area contributed by atoms with Crippen LogP contribution in [-0.2, 0) is 8.99 Å². The molecule has 0 heterocycles. The molecule has 2 nitrogen and oxygen atoms in total. The van der Waals surface area contributed by atoms with Crippen LogP contribution in [0.25, 0.3) is 0 Å². The van der Waals surface area contributed by atoms with Crippen molar-refractivity contribution in [3.05, 3.63) is 72.8 Å². The minimum absolute atomic E-state index is 0.247. The number of unbranched alkanes of at least 4 members (excludes halogenated alkanes) is 1. The normalized spacial score (nSPS) is 14.2. The van der Waals surface area contributed by atoms with E-state index in [1.54, 1.807) is 0 Å². The van der Waals surface area contributed by atoms with Crippen LogP contribution in [0.5, 0.6) is 0 Å². The van der Waals surface area contributed by atoms with Gasteiger partial charge < -0.3 is 8.99 Å². The molecule has 0 aliphatic rings. The lowest BCUT2D eigenvalue weighted by molar-refractivity contribution is 0.187. The third-order valence-electron chi connectivity index (χ3n) is 6.16. The lowest BCUT2D eigenvalue weighted by Gasteiger charge is -2.38. The van der Waals surface area contributed by atoms with Crippen LogP contribution < -0.4 is 10.6 Å². The third-order valence-corrected chi connectivity index (χ3v) is 13.8. The third kappa shape index (κ3) is 6.80. The van der Waals surface area contributed by atoms with Crippen molar-refractivity contribution in [1.82, 2.24) is 0 Å². The lowest BCUT2D eigenvalue weighted by Crippen LogP contribution is -2.43. The molecule has 0 spiro atoms. The first-order chi connectivity index (χ1) is 14.1. The summed E-state index contributed by atoms with van der Waals surface area (Å²) in [7, 11) is -4.34. The Morgan fingerprint density at radius 2 is 1.43 bits per heavy atom. The Morgan fingerprint density at radius 3 is 1.90 bits per heavy atom. The van der Waals surface area contributed by atoms with Gasteiger partial charge in [0.25, 0.3) is 0 Å². The largest absolute Gasteiger partial charge is 0.414 e. The maximum absolute atomic E-state index is 13.9. The average Bonchev–Trinajstić information content (AvgIpc) is 2.70. The van der Waals surface area contributed by atoms with Crippen LogP contribution in [0.15, 0.2) is 72.8 Å². The van der Waals surface area contributed by atoms with E-state index in [-0.39, 0.29) is 5.04 Å². The highest BCUT2D eigenvalue weighted by atomic mass is 31.2. The monoisotopic (exact) mass is 442 g/mol. The van der Waals surface area contributed by atoms with Gasteiger partial charge in [0.15, 0.2) is 8.32 Å². The Balaban J connectivity index is 1.92. The van der Waals surface area contributed by atoms with E-state index in [1.165, 1.54) is 0 Å².